The Kier molecular flexibility index (Phi) is 5.02. The Bertz CT molecular complexity index is 625. The smallest absolute Gasteiger partial charge is 0.128 e. The van der Waals surface area contributed by atoms with Crippen LogP contribution >= 0.6 is 0 Å². The fourth-order valence-electron chi connectivity index (χ4n) is 2.37. The maximum Gasteiger partial charge on any atom is 0.128 e. The summed E-state index contributed by atoms with van der Waals surface area (Å²) in [7, 11) is 0. The van der Waals surface area contributed by atoms with E-state index in [4.69, 9.17) is 0 Å². The summed E-state index contributed by atoms with van der Waals surface area (Å²) in [4.78, 5) is 0. The minimum atomic E-state index is -0.499. The van der Waals surface area contributed by atoms with Crippen LogP contribution in [0.1, 0.15) is 36.1 Å². The molecule has 4 heteroatoms. The van der Waals surface area contributed by atoms with Crippen LogP contribution in [0.25, 0.3) is 0 Å². The molecule has 1 unspecified atom stereocenters. The van der Waals surface area contributed by atoms with Gasteiger partial charge >= 0.3 is 0 Å². The molecule has 1 atom stereocenters. The van der Waals surface area contributed by atoms with Crippen molar-refractivity contribution in [3.05, 3.63) is 70.5 Å². The molecule has 0 amide bonds. The summed E-state index contributed by atoms with van der Waals surface area (Å²) in [6.45, 7) is 4.40. The number of hydrogen-bond donors (Lipinski definition) is 1. The first kappa shape index (κ1) is 15.6. The highest BCUT2D eigenvalue weighted by Gasteiger charge is 2.20. The van der Waals surface area contributed by atoms with Crippen molar-refractivity contribution in [1.82, 2.24) is 5.32 Å². The molecule has 0 saturated heterocycles. The van der Waals surface area contributed by atoms with Crippen LogP contribution in [0, 0.1) is 24.4 Å². The van der Waals surface area contributed by atoms with Crippen LogP contribution in [-0.2, 0) is 0 Å². The molecule has 2 aromatic rings. The summed E-state index contributed by atoms with van der Waals surface area (Å²) >= 11 is 0. The highest BCUT2D eigenvalue weighted by Crippen LogP contribution is 2.28. The number of rotatable bonds is 5. The van der Waals surface area contributed by atoms with E-state index in [1.807, 2.05) is 6.92 Å². The van der Waals surface area contributed by atoms with Crippen molar-refractivity contribution in [3.63, 3.8) is 0 Å². The van der Waals surface area contributed by atoms with Crippen molar-refractivity contribution in [1.29, 1.82) is 0 Å². The zero-order valence-corrected chi connectivity index (χ0v) is 12.1. The predicted molar refractivity (Wildman–Crippen MR) is 77.6 cm³/mol. The zero-order valence-electron chi connectivity index (χ0n) is 12.1. The number of halogens is 3. The van der Waals surface area contributed by atoms with Crippen molar-refractivity contribution in [3.8, 4) is 0 Å². The normalized spacial score (nSPS) is 12.4. The van der Waals surface area contributed by atoms with Gasteiger partial charge < -0.3 is 5.32 Å². The van der Waals surface area contributed by atoms with Gasteiger partial charge in [0.15, 0.2) is 0 Å². The molecule has 21 heavy (non-hydrogen) atoms. The highest BCUT2D eigenvalue weighted by molar-refractivity contribution is 5.38. The summed E-state index contributed by atoms with van der Waals surface area (Å²) < 4.78 is 40.8. The first-order chi connectivity index (χ1) is 10.0. The number of nitrogens with one attached hydrogen (secondary N) is 1. The average Bonchev–Trinajstić information content (AvgIpc) is 2.44. The Labute approximate surface area is 122 Å². The minimum absolute atomic E-state index is 0.234. The topological polar surface area (TPSA) is 12.0 Å². The molecule has 1 nitrogen and oxygen atoms in total. The third kappa shape index (κ3) is 3.64. The number of hydrogen-bond acceptors (Lipinski definition) is 1. The molecule has 2 rings (SSSR count). The first-order valence-corrected chi connectivity index (χ1v) is 6.97. The van der Waals surface area contributed by atoms with Crippen molar-refractivity contribution in [2.45, 2.75) is 26.3 Å². The second kappa shape index (κ2) is 6.76. The molecule has 1 N–H and O–H groups in total. The molecule has 0 bridgehead atoms. The van der Waals surface area contributed by atoms with Crippen molar-refractivity contribution in [2.24, 2.45) is 0 Å². The van der Waals surface area contributed by atoms with Crippen LogP contribution in [0.15, 0.2) is 36.4 Å². The Morgan fingerprint density at radius 3 is 2.29 bits per heavy atom. The molecule has 0 spiro atoms. The molecule has 0 heterocycles. The zero-order chi connectivity index (χ0) is 15.4. The van der Waals surface area contributed by atoms with Gasteiger partial charge in [0.1, 0.15) is 17.5 Å². The van der Waals surface area contributed by atoms with E-state index in [1.165, 1.54) is 18.2 Å². The van der Waals surface area contributed by atoms with Gasteiger partial charge in [0.05, 0.1) is 6.04 Å². The van der Waals surface area contributed by atoms with Gasteiger partial charge in [-0.25, -0.2) is 13.2 Å². The molecule has 0 radical (unpaired) electrons. The van der Waals surface area contributed by atoms with Gasteiger partial charge in [-0.05, 0) is 61.3 Å². The predicted octanol–water partition coefficient (Wildman–Crippen LogP) is 4.50. The molecular formula is C17H18F3N. The van der Waals surface area contributed by atoms with E-state index in [1.54, 1.807) is 13.0 Å². The van der Waals surface area contributed by atoms with Crippen LogP contribution in [0.5, 0.6) is 0 Å². The second-order valence-corrected chi connectivity index (χ2v) is 5.05. The largest absolute Gasteiger partial charge is 0.306 e. The molecule has 0 aliphatic heterocycles. The summed E-state index contributed by atoms with van der Waals surface area (Å²) in [5, 5.41) is 3.20. The van der Waals surface area contributed by atoms with E-state index in [0.717, 1.165) is 24.1 Å². The van der Waals surface area contributed by atoms with Crippen LogP contribution in [0.4, 0.5) is 13.2 Å². The monoisotopic (exact) mass is 293 g/mol. The molecule has 0 fully saturated rings. The Morgan fingerprint density at radius 2 is 1.62 bits per heavy atom. The Balaban J connectivity index is 2.49. The van der Waals surface area contributed by atoms with Gasteiger partial charge in [-0.3, -0.25) is 0 Å². The number of aryl methyl sites for hydroxylation is 1. The lowest BCUT2D eigenvalue weighted by Crippen LogP contribution is -2.25. The van der Waals surface area contributed by atoms with Gasteiger partial charge in [-0.15, -0.1) is 0 Å². The molecule has 0 aliphatic carbocycles. The van der Waals surface area contributed by atoms with Crippen molar-refractivity contribution >= 4 is 0 Å². The van der Waals surface area contributed by atoms with Crippen LogP contribution in [-0.4, -0.2) is 6.54 Å². The molecule has 0 aromatic heterocycles. The summed E-state index contributed by atoms with van der Waals surface area (Å²) in [5.74, 6) is -1.31. The van der Waals surface area contributed by atoms with E-state index in [-0.39, 0.29) is 11.4 Å². The van der Waals surface area contributed by atoms with Gasteiger partial charge in [-0.1, -0.05) is 13.0 Å². The summed E-state index contributed by atoms with van der Waals surface area (Å²) in [5.41, 5.74) is 1.68. The van der Waals surface area contributed by atoms with Crippen molar-refractivity contribution in [2.75, 3.05) is 6.54 Å². The third-order valence-corrected chi connectivity index (χ3v) is 3.41. The maximum absolute atomic E-state index is 14.1. The van der Waals surface area contributed by atoms with Gasteiger partial charge in [0.2, 0.25) is 0 Å². The third-order valence-electron chi connectivity index (χ3n) is 3.41. The standard InChI is InChI=1S/C17H18F3N/c1-3-8-21-17(14-6-4-12(18)9-11(14)2)15-10-13(19)5-7-16(15)20/h4-7,9-10,17,21H,3,8H2,1-2H3. The molecule has 112 valence electrons. The van der Waals surface area contributed by atoms with E-state index >= 15 is 0 Å². The van der Waals surface area contributed by atoms with Crippen molar-refractivity contribution < 1.29 is 13.2 Å². The molecule has 0 saturated carbocycles. The molecular weight excluding hydrogens is 275 g/mol. The van der Waals surface area contributed by atoms with Gasteiger partial charge in [0, 0.05) is 5.56 Å². The fraction of sp³-hybridized carbons (Fsp3) is 0.294. The Hall–Kier alpha value is -1.81. The highest BCUT2D eigenvalue weighted by atomic mass is 19.1. The van der Waals surface area contributed by atoms with Gasteiger partial charge in [0.25, 0.3) is 0 Å². The van der Waals surface area contributed by atoms with Gasteiger partial charge in [-0.2, -0.15) is 0 Å². The van der Waals surface area contributed by atoms with E-state index in [0.29, 0.717) is 12.1 Å². The van der Waals surface area contributed by atoms with Crippen LogP contribution in [0.3, 0.4) is 0 Å². The number of benzene rings is 2. The lowest BCUT2D eigenvalue weighted by Gasteiger charge is -2.22. The summed E-state index contributed by atoms with van der Waals surface area (Å²) in [6.07, 6.45) is 0.855. The molecule has 0 aliphatic rings. The lowest BCUT2D eigenvalue weighted by molar-refractivity contribution is 0.533. The van der Waals surface area contributed by atoms with E-state index in [2.05, 4.69) is 5.32 Å². The summed E-state index contributed by atoms with van der Waals surface area (Å²) in [6, 6.07) is 7.24. The van der Waals surface area contributed by atoms with E-state index < -0.39 is 17.7 Å². The van der Waals surface area contributed by atoms with E-state index in [9.17, 15) is 13.2 Å². The Morgan fingerprint density at radius 1 is 0.952 bits per heavy atom. The minimum Gasteiger partial charge on any atom is -0.306 e. The fourth-order valence-corrected chi connectivity index (χ4v) is 2.37. The molecule has 2 aromatic carbocycles. The maximum atomic E-state index is 14.1. The average molecular weight is 293 g/mol. The van der Waals surface area contributed by atoms with Crippen LogP contribution < -0.4 is 5.32 Å². The second-order valence-electron chi connectivity index (χ2n) is 5.05. The SMILES string of the molecule is CCCNC(c1ccc(F)cc1C)c1cc(F)ccc1F. The van der Waals surface area contributed by atoms with Crippen LogP contribution in [0.2, 0.25) is 0 Å². The quantitative estimate of drug-likeness (QED) is 0.855. The first-order valence-electron chi connectivity index (χ1n) is 6.97. The lowest BCUT2D eigenvalue weighted by atomic mass is 9.94.